The van der Waals surface area contributed by atoms with Crippen molar-refractivity contribution in [1.82, 2.24) is 9.55 Å². The number of halogens is 2. The van der Waals surface area contributed by atoms with Gasteiger partial charge in [-0.05, 0) is 49.2 Å². The van der Waals surface area contributed by atoms with Crippen LogP contribution in [0.4, 0.5) is 8.78 Å². The maximum Gasteiger partial charge on any atom is 0.387 e. The third-order valence-corrected chi connectivity index (χ3v) is 5.56. The minimum atomic E-state index is -2.89. The third-order valence-electron chi connectivity index (χ3n) is 4.49. The van der Waals surface area contributed by atoms with Crippen LogP contribution in [0.3, 0.4) is 0 Å². The normalized spacial score (nSPS) is 16.8. The van der Waals surface area contributed by atoms with E-state index in [4.69, 9.17) is 4.74 Å². The molecule has 2 heterocycles. The van der Waals surface area contributed by atoms with Crippen LogP contribution < -0.4 is 10.3 Å². The number of benzene rings is 2. The first-order valence-electron chi connectivity index (χ1n) is 8.93. The van der Waals surface area contributed by atoms with Gasteiger partial charge >= 0.3 is 6.61 Å². The summed E-state index contributed by atoms with van der Waals surface area (Å²) in [6.45, 7) is -2.14. The number of ether oxygens (including phenoxy) is 2. The van der Waals surface area contributed by atoms with Crippen molar-refractivity contribution in [1.29, 1.82) is 0 Å². The Morgan fingerprint density at radius 2 is 2.00 bits per heavy atom. The lowest BCUT2D eigenvalue weighted by Crippen LogP contribution is -2.22. The second kappa shape index (κ2) is 8.28. The predicted molar refractivity (Wildman–Crippen MR) is 104 cm³/mol. The zero-order valence-corrected chi connectivity index (χ0v) is 15.7. The van der Waals surface area contributed by atoms with Gasteiger partial charge in [0.1, 0.15) is 5.75 Å². The fourth-order valence-corrected chi connectivity index (χ4v) is 4.23. The van der Waals surface area contributed by atoms with Gasteiger partial charge in [0.2, 0.25) is 0 Å². The van der Waals surface area contributed by atoms with Crippen LogP contribution in [0.15, 0.2) is 58.5 Å². The molecule has 1 saturated heterocycles. The lowest BCUT2D eigenvalue weighted by molar-refractivity contribution is -0.0498. The molecule has 1 atom stereocenters. The lowest BCUT2D eigenvalue weighted by atomic mass is 10.2. The highest BCUT2D eigenvalue weighted by atomic mass is 32.2. The maximum absolute atomic E-state index is 13.1. The van der Waals surface area contributed by atoms with E-state index in [1.807, 2.05) is 6.07 Å². The van der Waals surface area contributed by atoms with E-state index in [-0.39, 0.29) is 17.4 Å². The Bertz CT molecular complexity index is 1020. The lowest BCUT2D eigenvalue weighted by Gasteiger charge is -2.15. The van der Waals surface area contributed by atoms with Gasteiger partial charge < -0.3 is 9.47 Å². The SMILES string of the molecule is O=c1c2ccccc2nc(SC[C@@H]2CCCO2)n1-c1ccc(OC(F)F)cc1. The highest BCUT2D eigenvalue weighted by molar-refractivity contribution is 7.99. The van der Waals surface area contributed by atoms with Crippen LogP contribution in [-0.4, -0.2) is 34.6 Å². The number of aromatic nitrogens is 2. The Labute approximate surface area is 164 Å². The second-order valence-electron chi connectivity index (χ2n) is 6.37. The van der Waals surface area contributed by atoms with Crippen molar-refractivity contribution >= 4 is 22.7 Å². The van der Waals surface area contributed by atoms with Crippen LogP contribution in [0.2, 0.25) is 0 Å². The summed E-state index contributed by atoms with van der Waals surface area (Å²) in [5, 5.41) is 1.04. The number of fused-ring (bicyclic) bond motifs is 1. The summed E-state index contributed by atoms with van der Waals surface area (Å²) in [6, 6.07) is 13.1. The molecule has 8 heteroatoms. The largest absolute Gasteiger partial charge is 0.435 e. The van der Waals surface area contributed by atoms with Gasteiger partial charge in [-0.2, -0.15) is 8.78 Å². The van der Waals surface area contributed by atoms with Gasteiger partial charge in [0.25, 0.3) is 5.56 Å². The second-order valence-corrected chi connectivity index (χ2v) is 7.36. The van der Waals surface area contributed by atoms with Crippen LogP contribution in [0, 0.1) is 0 Å². The number of para-hydroxylation sites is 1. The van der Waals surface area contributed by atoms with E-state index in [1.165, 1.54) is 28.5 Å². The van der Waals surface area contributed by atoms with Crippen molar-refractivity contribution in [3.05, 3.63) is 58.9 Å². The molecule has 1 fully saturated rings. The first-order chi connectivity index (χ1) is 13.6. The summed E-state index contributed by atoms with van der Waals surface area (Å²) >= 11 is 1.46. The van der Waals surface area contributed by atoms with Crippen LogP contribution in [0.25, 0.3) is 16.6 Å². The summed E-state index contributed by atoms with van der Waals surface area (Å²) in [5.41, 5.74) is 0.957. The quantitative estimate of drug-likeness (QED) is 0.454. The van der Waals surface area contributed by atoms with E-state index >= 15 is 0 Å². The Balaban J connectivity index is 1.74. The maximum atomic E-state index is 13.1. The standard InChI is InChI=1S/C20H18F2N2O3S/c21-19(22)27-14-9-7-13(8-10-14)24-18(25)16-5-1-2-6-17(16)23-20(24)28-12-15-4-3-11-26-15/h1-2,5-10,15,19H,3-4,11-12H2/t15-/m0/s1. The molecule has 2 aromatic carbocycles. The molecule has 4 rings (SSSR count). The van der Waals surface area contributed by atoms with Gasteiger partial charge in [-0.25, -0.2) is 4.98 Å². The highest BCUT2D eigenvalue weighted by Gasteiger charge is 2.19. The molecule has 0 N–H and O–H groups in total. The molecule has 1 aromatic heterocycles. The number of alkyl halides is 2. The minimum Gasteiger partial charge on any atom is -0.435 e. The fourth-order valence-electron chi connectivity index (χ4n) is 3.16. The molecule has 0 spiro atoms. The highest BCUT2D eigenvalue weighted by Crippen LogP contribution is 2.26. The first kappa shape index (κ1) is 18.9. The van der Waals surface area contributed by atoms with E-state index in [1.54, 1.807) is 30.3 Å². The van der Waals surface area contributed by atoms with Gasteiger partial charge in [-0.3, -0.25) is 9.36 Å². The number of thioether (sulfide) groups is 1. The van der Waals surface area contributed by atoms with E-state index in [9.17, 15) is 13.6 Å². The molecule has 1 aliphatic rings. The van der Waals surface area contributed by atoms with Gasteiger partial charge in [0.15, 0.2) is 5.16 Å². The topological polar surface area (TPSA) is 53.3 Å². The van der Waals surface area contributed by atoms with Crippen LogP contribution in [0.5, 0.6) is 5.75 Å². The van der Waals surface area contributed by atoms with E-state index in [0.717, 1.165) is 19.4 Å². The molecule has 28 heavy (non-hydrogen) atoms. The van der Waals surface area contributed by atoms with Crippen molar-refractivity contribution in [2.24, 2.45) is 0 Å². The molecule has 1 aliphatic heterocycles. The van der Waals surface area contributed by atoms with Crippen molar-refractivity contribution < 1.29 is 18.3 Å². The van der Waals surface area contributed by atoms with Gasteiger partial charge in [0.05, 0.1) is 22.7 Å². The molecule has 3 aromatic rings. The van der Waals surface area contributed by atoms with Crippen LogP contribution in [-0.2, 0) is 4.74 Å². The average molecular weight is 404 g/mol. The van der Waals surface area contributed by atoms with Crippen LogP contribution >= 0.6 is 11.8 Å². The summed E-state index contributed by atoms with van der Waals surface area (Å²) in [6.07, 6.45) is 2.17. The van der Waals surface area contributed by atoms with Gasteiger partial charge in [-0.1, -0.05) is 23.9 Å². The summed E-state index contributed by atoms with van der Waals surface area (Å²) in [4.78, 5) is 17.8. The van der Waals surface area contributed by atoms with Crippen molar-refractivity contribution in [3.63, 3.8) is 0 Å². The van der Waals surface area contributed by atoms with Gasteiger partial charge in [-0.15, -0.1) is 0 Å². The van der Waals surface area contributed by atoms with E-state index < -0.39 is 6.61 Å². The summed E-state index contributed by atoms with van der Waals surface area (Å²) in [7, 11) is 0. The molecule has 0 aliphatic carbocycles. The molecule has 0 amide bonds. The minimum absolute atomic E-state index is 0.0362. The molecular weight excluding hydrogens is 386 g/mol. The monoisotopic (exact) mass is 404 g/mol. The average Bonchev–Trinajstić information content (AvgIpc) is 3.21. The summed E-state index contributed by atoms with van der Waals surface area (Å²) in [5.74, 6) is 0.728. The Morgan fingerprint density at radius 3 is 2.71 bits per heavy atom. The number of hydrogen-bond acceptors (Lipinski definition) is 5. The number of nitrogens with zero attached hydrogens (tertiary/aromatic N) is 2. The Hall–Kier alpha value is -2.45. The van der Waals surface area contributed by atoms with E-state index in [2.05, 4.69) is 9.72 Å². The predicted octanol–water partition coefficient (Wildman–Crippen LogP) is 4.26. The zero-order valence-electron chi connectivity index (χ0n) is 14.9. The zero-order chi connectivity index (χ0) is 19.5. The summed E-state index contributed by atoms with van der Waals surface area (Å²) < 4.78 is 36.4. The van der Waals surface area contributed by atoms with Crippen molar-refractivity contribution in [2.45, 2.75) is 30.7 Å². The smallest absolute Gasteiger partial charge is 0.387 e. The van der Waals surface area contributed by atoms with Crippen LogP contribution in [0.1, 0.15) is 12.8 Å². The molecule has 0 unspecified atom stereocenters. The molecular formula is C20H18F2N2O3S. The number of hydrogen-bond donors (Lipinski definition) is 0. The van der Waals surface area contributed by atoms with E-state index in [0.29, 0.717) is 27.5 Å². The Morgan fingerprint density at radius 1 is 1.21 bits per heavy atom. The third kappa shape index (κ3) is 4.02. The molecule has 0 saturated carbocycles. The Kier molecular flexibility index (Phi) is 5.59. The molecule has 0 radical (unpaired) electrons. The first-order valence-corrected chi connectivity index (χ1v) is 9.92. The molecule has 0 bridgehead atoms. The van der Waals surface area contributed by atoms with Crippen molar-refractivity contribution in [3.8, 4) is 11.4 Å². The molecule has 146 valence electrons. The number of rotatable bonds is 6. The molecule has 5 nitrogen and oxygen atoms in total. The fraction of sp³-hybridized carbons (Fsp3) is 0.300. The van der Waals surface area contributed by atoms with Crippen molar-refractivity contribution in [2.75, 3.05) is 12.4 Å². The van der Waals surface area contributed by atoms with Gasteiger partial charge in [0, 0.05) is 12.4 Å².